The Bertz CT molecular complexity index is 1180. The molecule has 3 aromatic carbocycles. The molecule has 0 atom stereocenters. The lowest BCUT2D eigenvalue weighted by Crippen LogP contribution is -2.14. The van der Waals surface area contributed by atoms with Gasteiger partial charge in [-0.05, 0) is 30.3 Å². The molecule has 1 aromatic heterocycles. The van der Waals surface area contributed by atoms with Gasteiger partial charge in [0.25, 0.3) is 0 Å². The first-order valence-electron chi connectivity index (χ1n) is 9.60. The number of para-hydroxylation sites is 1. The highest BCUT2D eigenvalue weighted by Crippen LogP contribution is 2.31. The van der Waals surface area contributed by atoms with Crippen LogP contribution in [0.2, 0.25) is 5.02 Å². The number of carbonyl (C=O) groups excluding carboxylic acids is 1. The zero-order valence-electron chi connectivity index (χ0n) is 16.8. The lowest BCUT2D eigenvalue weighted by molar-refractivity contribution is -0.113. The first kappa shape index (κ1) is 21.0. The molecule has 0 bridgehead atoms. The fraction of sp³-hybridized carbons (Fsp3) is 0.0833. The highest BCUT2D eigenvalue weighted by atomic mass is 35.5. The number of anilines is 1. The molecule has 0 aliphatic carbocycles. The quantitative estimate of drug-likeness (QED) is 0.355. The van der Waals surface area contributed by atoms with Gasteiger partial charge in [0.2, 0.25) is 5.91 Å². The van der Waals surface area contributed by atoms with E-state index < -0.39 is 0 Å². The SMILES string of the molecule is COc1ccc(-n2cc(-c3ccccc3)nc2SCC(=O)Nc2ccccc2)cc1Cl. The Balaban J connectivity index is 1.61. The summed E-state index contributed by atoms with van der Waals surface area (Å²) in [5.74, 6) is 0.731. The molecule has 0 saturated carbocycles. The van der Waals surface area contributed by atoms with Crippen molar-refractivity contribution in [2.45, 2.75) is 5.16 Å². The maximum atomic E-state index is 12.4. The summed E-state index contributed by atoms with van der Waals surface area (Å²) in [5, 5.41) is 4.10. The van der Waals surface area contributed by atoms with Crippen LogP contribution in [0.15, 0.2) is 90.2 Å². The minimum Gasteiger partial charge on any atom is -0.495 e. The van der Waals surface area contributed by atoms with Gasteiger partial charge in [-0.1, -0.05) is 71.9 Å². The normalized spacial score (nSPS) is 10.6. The number of amides is 1. The largest absolute Gasteiger partial charge is 0.495 e. The Morgan fingerprint density at radius 2 is 1.77 bits per heavy atom. The van der Waals surface area contributed by atoms with E-state index in [1.54, 1.807) is 7.11 Å². The molecule has 1 N–H and O–H groups in total. The number of benzene rings is 3. The Hall–Kier alpha value is -3.22. The van der Waals surface area contributed by atoms with Crippen LogP contribution in [0.1, 0.15) is 0 Å². The van der Waals surface area contributed by atoms with Crippen LogP contribution >= 0.6 is 23.4 Å². The van der Waals surface area contributed by atoms with Crippen molar-refractivity contribution in [3.63, 3.8) is 0 Å². The fourth-order valence-corrected chi connectivity index (χ4v) is 4.10. The van der Waals surface area contributed by atoms with Gasteiger partial charge in [0.1, 0.15) is 5.75 Å². The van der Waals surface area contributed by atoms with Gasteiger partial charge in [0.05, 0.1) is 23.6 Å². The number of hydrogen-bond donors (Lipinski definition) is 1. The standard InChI is InChI=1S/C24H20ClN3O2S/c1-30-22-13-12-19(14-20(22)25)28-15-21(17-8-4-2-5-9-17)27-24(28)31-16-23(29)26-18-10-6-3-7-11-18/h2-15H,16H2,1H3,(H,26,29). The van der Waals surface area contributed by atoms with Crippen LogP contribution in [0.5, 0.6) is 5.75 Å². The Morgan fingerprint density at radius 3 is 2.45 bits per heavy atom. The van der Waals surface area contributed by atoms with E-state index in [-0.39, 0.29) is 11.7 Å². The Morgan fingerprint density at radius 1 is 1.06 bits per heavy atom. The molecule has 31 heavy (non-hydrogen) atoms. The van der Waals surface area contributed by atoms with Crippen molar-refractivity contribution < 1.29 is 9.53 Å². The second-order valence-corrected chi connectivity index (χ2v) is 8.02. The number of carbonyl (C=O) groups is 1. The van der Waals surface area contributed by atoms with Gasteiger partial charge in [-0.15, -0.1) is 0 Å². The van der Waals surface area contributed by atoms with Crippen LogP contribution in [-0.4, -0.2) is 28.3 Å². The van der Waals surface area contributed by atoms with Crippen LogP contribution in [0, 0.1) is 0 Å². The summed E-state index contributed by atoms with van der Waals surface area (Å²) in [6.07, 6.45) is 1.95. The predicted molar refractivity (Wildman–Crippen MR) is 126 cm³/mol. The first-order chi connectivity index (χ1) is 15.1. The number of imidazole rings is 1. The molecular formula is C24H20ClN3O2S. The van der Waals surface area contributed by atoms with Crippen molar-refractivity contribution in [3.8, 4) is 22.7 Å². The average Bonchev–Trinajstić information content (AvgIpc) is 3.23. The third kappa shape index (κ3) is 5.10. The van der Waals surface area contributed by atoms with E-state index in [0.717, 1.165) is 22.6 Å². The zero-order chi connectivity index (χ0) is 21.6. The number of aromatic nitrogens is 2. The lowest BCUT2D eigenvalue weighted by Gasteiger charge is -2.10. The number of ether oxygens (including phenoxy) is 1. The highest BCUT2D eigenvalue weighted by molar-refractivity contribution is 7.99. The minimum absolute atomic E-state index is 0.0974. The number of rotatable bonds is 7. The van der Waals surface area contributed by atoms with Gasteiger partial charge in [-0.2, -0.15) is 0 Å². The van der Waals surface area contributed by atoms with Crippen molar-refractivity contribution in [1.29, 1.82) is 0 Å². The fourth-order valence-electron chi connectivity index (χ4n) is 3.05. The number of thioether (sulfide) groups is 1. The van der Waals surface area contributed by atoms with E-state index in [1.165, 1.54) is 11.8 Å². The summed E-state index contributed by atoms with van der Waals surface area (Å²) in [6, 6.07) is 24.9. The van der Waals surface area contributed by atoms with Crippen molar-refractivity contribution in [2.24, 2.45) is 0 Å². The van der Waals surface area contributed by atoms with Crippen LogP contribution in [0.3, 0.4) is 0 Å². The number of nitrogens with one attached hydrogen (secondary N) is 1. The van der Waals surface area contributed by atoms with Crippen molar-refractivity contribution in [3.05, 3.63) is 90.1 Å². The second-order valence-electron chi connectivity index (χ2n) is 6.67. The molecule has 1 heterocycles. The number of nitrogens with zero attached hydrogens (tertiary/aromatic N) is 2. The molecule has 1 amide bonds. The van der Waals surface area contributed by atoms with Crippen molar-refractivity contribution in [1.82, 2.24) is 9.55 Å². The Labute approximate surface area is 190 Å². The third-order valence-corrected chi connectivity index (χ3v) is 5.79. The van der Waals surface area contributed by atoms with Gasteiger partial charge in [0.15, 0.2) is 5.16 Å². The molecule has 4 aromatic rings. The number of halogens is 1. The first-order valence-corrected chi connectivity index (χ1v) is 11.0. The molecule has 0 unspecified atom stereocenters. The van der Waals surface area contributed by atoms with E-state index in [2.05, 4.69) is 5.32 Å². The molecule has 0 saturated heterocycles. The minimum atomic E-state index is -0.0974. The average molecular weight is 450 g/mol. The van der Waals surface area contributed by atoms with Gasteiger partial charge >= 0.3 is 0 Å². The smallest absolute Gasteiger partial charge is 0.234 e. The molecule has 7 heteroatoms. The molecule has 0 aliphatic heterocycles. The third-order valence-electron chi connectivity index (χ3n) is 4.55. The monoisotopic (exact) mass is 449 g/mol. The summed E-state index contributed by atoms with van der Waals surface area (Å²) in [5.41, 5.74) is 3.42. The van der Waals surface area contributed by atoms with Crippen molar-refractivity contribution in [2.75, 3.05) is 18.2 Å². The molecule has 0 spiro atoms. The van der Waals surface area contributed by atoms with E-state index in [4.69, 9.17) is 21.3 Å². The van der Waals surface area contributed by atoms with E-state index >= 15 is 0 Å². The predicted octanol–water partition coefficient (Wildman–Crippen LogP) is 5.93. The highest BCUT2D eigenvalue weighted by Gasteiger charge is 2.15. The van der Waals surface area contributed by atoms with Gasteiger partial charge in [-0.25, -0.2) is 4.98 Å². The molecular weight excluding hydrogens is 430 g/mol. The summed E-state index contributed by atoms with van der Waals surface area (Å²) in [7, 11) is 1.58. The molecule has 156 valence electrons. The van der Waals surface area contributed by atoms with E-state index in [0.29, 0.717) is 15.9 Å². The molecule has 0 aliphatic rings. The van der Waals surface area contributed by atoms with Gasteiger partial charge in [-0.3, -0.25) is 9.36 Å². The van der Waals surface area contributed by atoms with Gasteiger partial charge < -0.3 is 10.1 Å². The van der Waals surface area contributed by atoms with Crippen LogP contribution in [0.4, 0.5) is 5.69 Å². The van der Waals surface area contributed by atoms with Crippen molar-refractivity contribution >= 4 is 35.0 Å². The topological polar surface area (TPSA) is 56.2 Å². The van der Waals surface area contributed by atoms with Crippen LogP contribution in [-0.2, 0) is 4.79 Å². The summed E-state index contributed by atoms with van der Waals surface area (Å²) in [4.78, 5) is 17.2. The zero-order valence-corrected chi connectivity index (χ0v) is 18.4. The maximum absolute atomic E-state index is 12.4. The van der Waals surface area contributed by atoms with E-state index in [9.17, 15) is 4.79 Å². The van der Waals surface area contributed by atoms with E-state index in [1.807, 2.05) is 89.6 Å². The molecule has 0 fully saturated rings. The number of hydrogen-bond acceptors (Lipinski definition) is 4. The second kappa shape index (κ2) is 9.73. The van der Waals surface area contributed by atoms with Crippen LogP contribution in [0.25, 0.3) is 16.9 Å². The van der Waals surface area contributed by atoms with Crippen LogP contribution < -0.4 is 10.1 Å². The molecule has 5 nitrogen and oxygen atoms in total. The maximum Gasteiger partial charge on any atom is 0.234 e. The molecule has 4 rings (SSSR count). The number of methoxy groups -OCH3 is 1. The summed E-state index contributed by atoms with van der Waals surface area (Å²) in [6.45, 7) is 0. The van der Waals surface area contributed by atoms with Gasteiger partial charge in [0, 0.05) is 23.1 Å². The lowest BCUT2D eigenvalue weighted by atomic mass is 10.2. The Kier molecular flexibility index (Phi) is 6.60. The summed E-state index contributed by atoms with van der Waals surface area (Å²) >= 11 is 7.71. The molecule has 0 radical (unpaired) electrons. The summed E-state index contributed by atoms with van der Waals surface area (Å²) < 4.78 is 7.20.